The molecule has 2 heterocycles. The molecule has 17 heavy (non-hydrogen) atoms. The van der Waals surface area contributed by atoms with Crippen LogP contribution in [0.1, 0.15) is 32.4 Å². The van der Waals surface area contributed by atoms with Crippen LogP contribution in [-0.4, -0.2) is 38.3 Å². The van der Waals surface area contributed by atoms with E-state index in [0.717, 1.165) is 5.69 Å². The Morgan fingerprint density at radius 2 is 2.00 bits per heavy atom. The Labute approximate surface area is 100 Å². The lowest BCUT2D eigenvalue weighted by Gasteiger charge is -2.26. The Bertz CT molecular complexity index is 491. The van der Waals surface area contributed by atoms with Crippen molar-refractivity contribution < 1.29 is 0 Å². The molecule has 0 fully saturated rings. The van der Waals surface area contributed by atoms with Crippen LogP contribution in [0, 0.1) is 5.92 Å². The topological polar surface area (TPSA) is 68.0 Å². The largest absolute Gasteiger partial charge is 0.317 e. The Morgan fingerprint density at radius 1 is 1.24 bits per heavy atom. The highest BCUT2D eigenvalue weighted by Crippen LogP contribution is 2.26. The molecule has 2 rings (SSSR count). The van der Waals surface area contributed by atoms with Gasteiger partial charge in [0.25, 0.3) is 0 Å². The van der Waals surface area contributed by atoms with Crippen LogP contribution >= 0.6 is 0 Å². The molecule has 0 radical (unpaired) electrons. The van der Waals surface area contributed by atoms with Gasteiger partial charge >= 0.3 is 0 Å². The van der Waals surface area contributed by atoms with Gasteiger partial charge in [-0.25, -0.2) is 0 Å². The van der Waals surface area contributed by atoms with Gasteiger partial charge in [0.2, 0.25) is 0 Å². The van der Waals surface area contributed by atoms with E-state index in [1.165, 1.54) is 4.63 Å². The van der Waals surface area contributed by atoms with Gasteiger partial charge in [-0.1, -0.05) is 13.8 Å². The SMILES string of the molecule is CNC(C)C(c1ccc2nnnn2n1)C(C)C. The van der Waals surface area contributed by atoms with Crippen LogP contribution < -0.4 is 5.32 Å². The molecule has 92 valence electrons. The Morgan fingerprint density at radius 3 is 2.65 bits per heavy atom. The molecule has 2 atom stereocenters. The van der Waals surface area contributed by atoms with Gasteiger partial charge in [0.1, 0.15) is 0 Å². The highest BCUT2D eigenvalue weighted by molar-refractivity contribution is 5.33. The zero-order valence-corrected chi connectivity index (χ0v) is 10.6. The molecule has 2 aromatic heterocycles. The lowest BCUT2D eigenvalue weighted by molar-refractivity contribution is 0.383. The van der Waals surface area contributed by atoms with Crippen molar-refractivity contribution in [2.45, 2.75) is 32.7 Å². The molecule has 0 aliphatic carbocycles. The highest BCUT2D eigenvalue weighted by Gasteiger charge is 2.23. The van der Waals surface area contributed by atoms with E-state index >= 15 is 0 Å². The van der Waals surface area contributed by atoms with Gasteiger partial charge < -0.3 is 5.32 Å². The Balaban J connectivity index is 2.40. The maximum atomic E-state index is 4.47. The molecule has 0 saturated carbocycles. The molecule has 6 heteroatoms. The van der Waals surface area contributed by atoms with E-state index in [9.17, 15) is 0 Å². The van der Waals surface area contributed by atoms with Crippen molar-refractivity contribution >= 4 is 5.65 Å². The van der Waals surface area contributed by atoms with Crippen LogP contribution in [0.15, 0.2) is 12.1 Å². The smallest absolute Gasteiger partial charge is 0.199 e. The van der Waals surface area contributed by atoms with Crippen molar-refractivity contribution in [3.05, 3.63) is 17.8 Å². The molecule has 0 aliphatic rings. The van der Waals surface area contributed by atoms with Crippen molar-refractivity contribution in [2.24, 2.45) is 5.92 Å². The average molecular weight is 234 g/mol. The van der Waals surface area contributed by atoms with E-state index in [2.05, 4.69) is 46.7 Å². The average Bonchev–Trinajstić information content (AvgIpc) is 2.75. The molecular weight excluding hydrogens is 216 g/mol. The molecule has 0 aromatic carbocycles. The number of likely N-dealkylation sites (N-methyl/N-ethyl adjacent to an activating group) is 1. The third-order valence-corrected chi connectivity index (χ3v) is 3.14. The first kappa shape index (κ1) is 11.9. The first-order chi connectivity index (χ1) is 8.13. The van der Waals surface area contributed by atoms with Gasteiger partial charge in [0, 0.05) is 12.0 Å². The normalized spacial score (nSPS) is 15.4. The fourth-order valence-corrected chi connectivity index (χ4v) is 2.20. The minimum atomic E-state index is 0.341. The minimum Gasteiger partial charge on any atom is -0.317 e. The van der Waals surface area contributed by atoms with Crippen LogP contribution in [-0.2, 0) is 0 Å². The molecule has 6 nitrogen and oxygen atoms in total. The van der Waals surface area contributed by atoms with E-state index in [4.69, 9.17) is 0 Å². The maximum absolute atomic E-state index is 4.47. The minimum absolute atomic E-state index is 0.341. The molecule has 0 spiro atoms. The van der Waals surface area contributed by atoms with E-state index in [1.807, 2.05) is 19.2 Å². The molecule has 0 aliphatic heterocycles. The van der Waals surface area contributed by atoms with Crippen molar-refractivity contribution in [1.29, 1.82) is 0 Å². The third kappa shape index (κ3) is 2.26. The van der Waals surface area contributed by atoms with Crippen molar-refractivity contribution in [3.63, 3.8) is 0 Å². The number of hydrogen-bond acceptors (Lipinski definition) is 5. The van der Waals surface area contributed by atoms with Crippen molar-refractivity contribution in [1.82, 2.24) is 30.6 Å². The molecule has 0 bridgehead atoms. The van der Waals surface area contributed by atoms with E-state index < -0.39 is 0 Å². The van der Waals surface area contributed by atoms with Gasteiger partial charge in [0.05, 0.1) is 5.69 Å². The fraction of sp³-hybridized carbons (Fsp3) is 0.636. The monoisotopic (exact) mass is 234 g/mol. The lowest BCUT2D eigenvalue weighted by atomic mass is 9.86. The number of aromatic nitrogens is 5. The summed E-state index contributed by atoms with van der Waals surface area (Å²) in [6.07, 6.45) is 0. The molecule has 1 N–H and O–H groups in total. The Hall–Kier alpha value is -1.56. The summed E-state index contributed by atoms with van der Waals surface area (Å²) in [4.78, 5) is 0. The number of hydrogen-bond donors (Lipinski definition) is 1. The second kappa shape index (κ2) is 4.75. The zero-order valence-electron chi connectivity index (χ0n) is 10.6. The van der Waals surface area contributed by atoms with Crippen LogP contribution in [0.5, 0.6) is 0 Å². The van der Waals surface area contributed by atoms with Gasteiger partial charge in [0.15, 0.2) is 5.65 Å². The van der Waals surface area contributed by atoms with E-state index in [1.54, 1.807) is 0 Å². The van der Waals surface area contributed by atoms with Gasteiger partial charge in [-0.05, 0) is 42.4 Å². The maximum Gasteiger partial charge on any atom is 0.199 e. The zero-order chi connectivity index (χ0) is 12.4. The number of rotatable bonds is 4. The summed E-state index contributed by atoms with van der Waals surface area (Å²) in [5, 5.41) is 19.0. The van der Waals surface area contributed by atoms with Gasteiger partial charge in [-0.15, -0.1) is 9.73 Å². The molecule has 0 saturated heterocycles. The Kier molecular flexibility index (Phi) is 3.33. The highest BCUT2D eigenvalue weighted by atomic mass is 15.6. The van der Waals surface area contributed by atoms with Crippen LogP contribution in [0.3, 0.4) is 0 Å². The first-order valence-corrected chi connectivity index (χ1v) is 5.86. The van der Waals surface area contributed by atoms with E-state index in [0.29, 0.717) is 23.5 Å². The van der Waals surface area contributed by atoms with Gasteiger partial charge in [-0.3, -0.25) is 0 Å². The van der Waals surface area contributed by atoms with Gasteiger partial charge in [-0.2, -0.15) is 5.10 Å². The van der Waals surface area contributed by atoms with Crippen molar-refractivity contribution in [3.8, 4) is 0 Å². The summed E-state index contributed by atoms with van der Waals surface area (Å²) in [5.41, 5.74) is 1.69. The van der Waals surface area contributed by atoms with Crippen LogP contribution in [0.2, 0.25) is 0 Å². The first-order valence-electron chi connectivity index (χ1n) is 5.86. The summed E-state index contributed by atoms with van der Waals surface area (Å²) in [6.45, 7) is 6.56. The molecule has 2 unspecified atom stereocenters. The number of nitrogens with one attached hydrogen (secondary N) is 1. The second-order valence-electron chi connectivity index (χ2n) is 4.63. The standard InChI is InChI=1S/C11H18N6/c1-7(2)11(8(3)12-4)9-5-6-10-13-15-16-17(10)14-9/h5-8,11-12H,1-4H3. The predicted molar refractivity (Wildman–Crippen MR) is 64.7 cm³/mol. The van der Waals surface area contributed by atoms with Crippen LogP contribution in [0.25, 0.3) is 5.65 Å². The summed E-state index contributed by atoms with van der Waals surface area (Å²) in [6, 6.07) is 4.26. The second-order valence-corrected chi connectivity index (χ2v) is 4.63. The predicted octanol–water partition coefficient (Wildman–Crippen LogP) is 0.867. The molecular formula is C11H18N6. The quantitative estimate of drug-likeness (QED) is 0.850. The molecule has 2 aromatic rings. The number of tetrazole rings is 1. The third-order valence-electron chi connectivity index (χ3n) is 3.14. The molecule has 0 amide bonds. The van der Waals surface area contributed by atoms with Crippen LogP contribution in [0.4, 0.5) is 0 Å². The van der Waals surface area contributed by atoms with E-state index in [-0.39, 0.29) is 0 Å². The number of nitrogens with zero attached hydrogens (tertiary/aromatic N) is 5. The number of fused-ring (bicyclic) bond motifs is 1. The summed E-state index contributed by atoms with van der Waals surface area (Å²) in [5.74, 6) is 0.840. The summed E-state index contributed by atoms with van der Waals surface area (Å²) >= 11 is 0. The fourth-order valence-electron chi connectivity index (χ4n) is 2.20. The summed E-state index contributed by atoms with van der Waals surface area (Å²) < 4.78 is 1.48. The summed E-state index contributed by atoms with van der Waals surface area (Å²) in [7, 11) is 1.97. The van der Waals surface area contributed by atoms with Crippen molar-refractivity contribution in [2.75, 3.05) is 7.05 Å². The lowest BCUT2D eigenvalue weighted by Crippen LogP contribution is -2.32.